The van der Waals surface area contributed by atoms with Gasteiger partial charge in [-0.05, 0) is 25.7 Å². The van der Waals surface area contributed by atoms with Gasteiger partial charge in [-0.3, -0.25) is 4.79 Å². The van der Waals surface area contributed by atoms with E-state index in [0.717, 1.165) is 0 Å². The van der Waals surface area contributed by atoms with Gasteiger partial charge in [0, 0.05) is 11.8 Å². The minimum Gasteiger partial charge on any atom is -0.299 e. The fraction of sp³-hybridized carbons (Fsp3) is 0.970. The van der Waals surface area contributed by atoms with Crippen LogP contribution in [0.3, 0.4) is 0 Å². The molecule has 2 saturated carbocycles. The van der Waals surface area contributed by atoms with E-state index in [-0.39, 0.29) is 0 Å². The minimum atomic E-state index is 0.378. The van der Waals surface area contributed by atoms with Crippen LogP contribution in [0.2, 0.25) is 0 Å². The number of ketones is 1. The molecule has 0 atom stereocenters. The third-order valence-electron chi connectivity index (χ3n) is 9.02. The molecule has 0 aliphatic heterocycles. The lowest BCUT2D eigenvalue weighted by Gasteiger charge is -2.23. The van der Waals surface area contributed by atoms with Crippen molar-refractivity contribution in [3.05, 3.63) is 0 Å². The fourth-order valence-electron chi connectivity index (χ4n) is 6.64. The third-order valence-corrected chi connectivity index (χ3v) is 9.02. The van der Waals surface area contributed by atoms with E-state index in [0.29, 0.717) is 17.6 Å². The van der Waals surface area contributed by atoms with Crippen molar-refractivity contribution in [3.63, 3.8) is 0 Å². The molecule has 0 heterocycles. The Labute approximate surface area is 215 Å². The molecule has 2 aliphatic rings. The molecule has 2 aliphatic carbocycles. The van der Waals surface area contributed by atoms with E-state index in [1.165, 1.54) is 193 Å². The van der Waals surface area contributed by atoms with Crippen LogP contribution < -0.4 is 0 Å². The first-order valence-corrected chi connectivity index (χ1v) is 16.4. The van der Waals surface area contributed by atoms with Crippen molar-refractivity contribution in [3.8, 4) is 0 Å². The van der Waals surface area contributed by atoms with Crippen molar-refractivity contribution >= 4 is 5.78 Å². The van der Waals surface area contributed by atoms with Gasteiger partial charge >= 0.3 is 0 Å². The first-order valence-electron chi connectivity index (χ1n) is 16.4. The van der Waals surface area contributed by atoms with Crippen molar-refractivity contribution in [2.45, 2.75) is 193 Å². The summed E-state index contributed by atoms with van der Waals surface area (Å²) >= 11 is 0. The molecule has 0 unspecified atom stereocenters. The molecule has 0 N–H and O–H groups in total. The van der Waals surface area contributed by atoms with Crippen LogP contribution in [0.25, 0.3) is 0 Å². The largest absolute Gasteiger partial charge is 0.299 e. The maximum atomic E-state index is 13.8. The number of hydrogen-bond acceptors (Lipinski definition) is 1. The van der Waals surface area contributed by atoms with E-state index in [1.54, 1.807) is 0 Å². The Morgan fingerprint density at radius 1 is 0.265 bits per heavy atom. The maximum Gasteiger partial charge on any atom is 0.139 e. The highest BCUT2D eigenvalue weighted by Gasteiger charge is 2.26. The average molecular weight is 475 g/mol. The molecule has 0 amide bonds. The Hall–Kier alpha value is -0.330. The Morgan fingerprint density at radius 3 is 0.588 bits per heavy atom. The standard InChI is InChI=1S/C33H62O/c34-33(31-27-23-19-15-11-7-3-1-4-8-12-16-20-24-28-31)32-29-25-21-17-13-9-5-2-6-10-14-18-22-26-30-32/h31-32H,1-30H2. The highest BCUT2D eigenvalue weighted by Crippen LogP contribution is 2.29. The molecule has 1 nitrogen and oxygen atoms in total. The second-order valence-electron chi connectivity index (χ2n) is 12.1. The smallest absolute Gasteiger partial charge is 0.139 e. The Balaban J connectivity index is 1.86. The van der Waals surface area contributed by atoms with Crippen LogP contribution in [0.15, 0.2) is 0 Å². The van der Waals surface area contributed by atoms with Crippen LogP contribution in [-0.4, -0.2) is 5.78 Å². The van der Waals surface area contributed by atoms with E-state index in [2.05, 4.69) is 0 Å². The summed E-state index contributed by atoms with van der Waals surface area (Å²) in [6.45, 7) is 0. The van der Waals surface area contributed by atoms with Crippen LogP contribution >= 0.6 is 0 Å². The number of carbonyl (C=O) groups is 1. The van der Waals surface area contributed by atoms with E-state index < -0.39 is 0 Å². The number of Topliss-reactive ketones (excluding diaryl/α,β-unsaturated/α-hetero) is 1. The normalized spacial score (nSPS) is 24.9. The Bertz CT molecular complexity index is 383. The van der Waals surface area contributed by atoms with Gasteiger partial charge in [0.2, 0.25) is 0 Å². The second-order valence-corrected chi connectivity index (χ2v) is 12.1. The van der Waals surface area contributed by atoms with Gasteiger partial charge in [0.1, 0.15) is 5.78 Å². The zero-order chi connectivity index (χ0) is 23.9. The highest BCUT2D eigenvalue weighted by atomic mass is 16.1. The third kappa shape index (κ3) is 15.6. The quantitative estimate of drug-likeness (QED) is 0.389. The zero-order valence-corrected chi connectivity index (χ0v) is 23.3. The molecular weight excluding hydrogens is 412 g/mol. The van der Waals surface area contributed by atoms with Gasteiger partial charge in [-0.25, -0.2) is 0 Å². The van der Waals surface area contributed by atoms with Crippen LogP contribution in [0.1, 0.15) is 193 Å². The van der Waals surface area contributed by atoms with Gasteiger partial charge in [0.05, 0.1) is 0 Å². The van der Waals surface area contributed by atoms with Crippen molar-refractivity contribution in [1.82, 2.24) is 0 Å². The summed E-state index contributed by atoms with van der Waals surface area (Å²) < 4.78 is 0. The van der Waals surface area contributed by atoms with Gasteiger partial charge in [0.25, 0.3) is 0 Å². The lowest BCUT2D eigenvalue weighted by atomic mass is 9.80. The predicted molar refractivity (Wildman–Crippen MR) is 150 cm³/mol. The van der Waals surface area contributed by atoms with Gasteiger partial charge < -0.3 is 0 Å². The lowest BCUT2D eigenvalue weighted by molar-refractivity contribution is -0.128. The Morgan fingerprint density at radius 2 is 0.412 bits per heavy atom. The van der Waals surface area contributed by atoms with Crippen molar-refractivity contribution < 1.29 is 4.79 Å². The topological polar surface area (TPSA) is 17.1 Å². The first kappa shape index (κ1) is 29.9. The molecule has 0 aromatic carbocycles. The van der Waals surface area contributed by atoms with E-state index in [9.17, 15) is 4.79 Å². The summed E-state index contributed by atoms with van der Waals surface area (Å²) in [5.41, 5.74) is 0. The molecule has 2 rings (SSSR count). The Kier molecular flexibility index (Phi) is 19.3. The molecule has 0 aromatic rings. The molecule has 1 heteroatoms. The maximum absolute atomic E-state index is 13.8. The van der Waals surface area contributed by atoms with Crippen LogP contribution in [-0.2, 0) is 4.79 Å². The summed E-state index contributed by atoms with van der Waals surface area (Å²) in [5, 5.41) is 0. The number of carbonyl (C=O) groups excluding carboxylic acids is 1. The molecular formula is C33H62O. The fourth-order valence-corrected chi connectivity index (χ4v) is 6.64. The number of hydrogen-bond donors (Lipinski definition) is 0. The van der Waals surface area contributed by atoms with Crippen LogP contribution in [0.4, 0.5) is 0 Å². The summed E-state index contributed by atoms with van der Waals surface area (Å²) in [5.74, 6) is 1.45. The summed E-state index contributed by atoms with van der Waals surface area (Å²) in [7, 11) is 0. The average Bonchev–Trinajstić information content (AvgIpc) is 2.84. The van der Waals surface area contributed by atoms with Gasteiger partial charge in [-0.2, -0.15) is 0 Å². The van der Waals surface area contributed by atoms with E-state index in [4.69, 9.17) is 0 Å². The summed E-state index contributed by atoms with van der Waals surface area (Å²) in [6.07, 6.45) is 41.0. The van der Waals surface area contributed by atoms with Gasteiger partial charge in [-0.15, -0.1) is 0 Å². The second kappa shape index (κ2) is 21.9. The molecule has 0 spiro atoms. The van der Waals surface area contributed by atoms with E-state index >= 15 is 0 Å². The van der Waals surface area contributed by atoms with Crippen molar-refractivity contribution in [2.24, 2.45) is 11.8 Å². The van der Waals surface area contributed by atoms with Crippen LogP contribution in [0.5, 0.6) is 0 Å². The predicted octanol–water partition coefficient (Wildman–Crippen LogP) is 11.5. The lowest BCUT2D eigenvalue weighted by Crippen LogP contribution is -2.24. The number of rotatable bonds is 2. The highest BCUT2D eigenvalue weighted by molar-refractivity contribution is 5.83. The molecule has 0 bridgehead atoms. The summed E-state index contributed by atoms with van der Waals surface area (Å²) in [4.78, 5) is 13.8. The van der Waals surface area contributed by atoms with E-state index in [1.807, 2.05) is 0 Å². The van der Waals surface area contributed by atoms with Crippen LogP contribution in [0, 0.1) is 11.8 Å². The summed E-state index contributed by atoms with van der Waals surface area (Å²) in [6, 6.07) is 0. The first-order chi connectivity index (χ1) is 16.9. The molecule has 2 fully saturated rings. The van der Waals surface area contributed by atoms with Gasteiger partial charge in [0.15, 0.2) is 0 Å². The SMILES string of the molecule is O=C(C1CCCCCCCCCCCCCCC1)C1CCCCCCCCCCCCCCC1. The zero-order valence-electron chi connectivity index (χ0n) is 23.3. The molecule has 34 heavy (non-hydrogen) atoms. The van der Waals surface area contributed by atoms with Crippen molar-refractivity contribution in [2.75, 3.05) is 0 Å². The van der Waals surface area contributed by atoms with Crippen molar-refractivity contribution in [1.29, 1.82) is 0 Å². The molecule has 0 radical (unpaired) electrons. The monoisotopic (exact) mass is 474 g/mol. The molecule has 0 saturated heterocycles. The minimum absolute atomic E-state index is 0.378. The van der Waals surface area contributed by atoms with Gasteiger partial charge in [-0.1, -0.05) is 167 Å². The molecule has 0 aromatic heterocycles. The molecule has 200 valence electrons.